The van der Waals surface area contributed by atoms with E-state index in [9.17, 15) is 19.8 Å². The standard InChI is InChI=1S/C63H121NO5/c1-3-5-7-9-11-13-15-31-35-39-43-47-51-55-61(66)60(59-65)64-62(67)56-52-48-44-40-36-33-29-27-25-23-21-19-17-18-20-22-24-26-28-30-34-38-42-46-50-54-58-69-63(68)57-53-49-45-41-37-32-16-14-12-10-8-6-4-2/h14,16-17,19,60-61,65-66H,3-13,15,18,20-59H2,1-2H3,(H,64,67)/b16-14-,19-17-. The van der Waals surface area contributed by atoms with E-state index in [0.717, 1.165) is 44.9 Å². The van der Waals surface area contributed by atoms with Gasteiger partial charge in [-0.15, -0.1) is 0 Å². The van der Waals surface area contributed by atoms with Gasteiger partial charge in [-0.25, -0.2) is 0 Å². The molecule has 0 rings (SSSR count). The molecule has 0 heterocycles. The second-order valence-electron chi connectivity index (χ2n) is 21.4. The molecule has 69 heavy (non-hydrogen) atoms. The number of aliphatic hydroxyl groups excluding tert-OH is 2. The van der Waals surface area contributed by atoms with E-state index in [1.54, 1.807) is 0 Å². The molecule has 408 valence electrons. The molecule has 0 radical (unpaired) electrons. The van der Waals surface area contributed by atoms with Crippen LogP contribution in [-0.4, -0.2) is 47.4 Å². The molecule has 0 fully saturated rings. The third-order valence-electron chi connectivity index (χ3n) is 14.5. The molecule has 0 saturated heterocycles. The third kappa shape index (κ3) is 55.5. The number of aliphatic hydroxyl groups is 2. The van der Waals surface area contributed by atoms with Crippen molar-refractivity contribution in [2.45, 2.75) is 353 Å². The number of nitrogens with one attached hydrogen (secondary N) is 1. The Bertz CT molecular complexity index is 1080. The highest BCUT2D eigenvalue weighted by Gasteiger charge is 2.20. The van der Waals surface area contributed by atoms with Crippen LogP contribution in [0.25, 0.3) is 0 Å². The number of amides is 1. The topological polar surface area (TPSA) is 95.9 Å². The highest BCUT2D eigenvalue weighted by atomic mass is 16.5. The van der Waals surface area contributed by atoms with Gasteiger partial charge in [-0.1, -0.05) is 276 Å². The summed E-state index contributed by atoms with van der Waals surface area (Å²) in [6.45, 7) is 4.95. The molecule has 6 nitrogen and oxygen atoms in total. The second-order valence-corrected chi connectivity index (χ2v) is 21.4. The molecule has 0 bridgehead atoms. The van der Waals surface area contributed by atoms with E-state index in [2.05, 4.69) is 43.5 Å². The van der Waals surface area contributed by atoms with E-state index in [-0.39, 0.29) is 18.5 Å². The first kappa shape index (κ1) is 67.3. The maximum atomic E-state index is 12.5. The molecule has 2 unspecified atom stereocenters. The minimum absolute atomic E-state index is 0.00525. The van der Waals surface area contributed by atoms with Gasteiger partial charge in [0.1, 0.15) is 0 Å². The minimum Gasteiger partial charge on any atom is -0.466 e. The number of ether oxygens (including phenoxy) is 1. The van der Waals surface area contributed by atoms with Crippen LogP contribution in [0.2, 0.25) is 0 Å². The number of hydrogen-bond acceptors (Lipinski definition) is 5. The Morgan fingerprint density at radius 1 is 0.391 bits per heavy atom. The Hall–Kier alpha value is -1.66. The zero-order chi connectivity index (χ0) is 50.0. The Morgan fingerprint density at radius 3 is 1.04 bits per heavy atom. The van der Waals surface area contributed by atoms with Crippen molar-refractivity contribution in [2.24, 2.45) is 0 Å². The molecule has 1 amide bonds. The lowest BCUT2D eigenvalue weighted by Crippen LogP contribution is -2.45. The summed E-state index contributed by atoms with van der Waals surface area (Å²) in [7, 11) is 0. The van der Waals surface area contributed by atoms with E-state index in [4.69, 9.17) is 4.74 Å². The van der Waals surface area contributed by atoms with Crippen LogP contribution in [0.5, 0.6) is 0 Å². The number of carbonyl (C=O) groups is 2. The Labute approximate surface area is 431 Å². The molecule has 0 spiro atoms. The van der Waals surface area contributed by atoms with E-state index in [1.807, 2.05) is 0 Å². The lowest BCUT2D eigenvalue weighted by Gasteiger charge is -2.22. The summed E-state index contributed by atoms with van der Waals surface area (Å²) in [5, 5.41) is 23.2. The summed E-state index contributed by atoms with van der Waals surface area (Å²) < 4.78 is 5.47. The number of esters is 1. The molecule has 0 aliphatic heterocycles. The molecule has 0 aromatic carbocycles. The predicted octanol–water partition coefficient (Wildman–Crippen LogP) is 19.4. The third-order valence-corrected chi connectivity index (χ3v) is 14.5. The molecule has 2 atom stereocenters. The smallest absolute Gasteiger partial charge is 0.305 e. The maximum Gasteiger partial charge on any atom is 0.305 e. The fraction of sp³-hybridized carbons (Fsp3) is 0.905. The van der Waals surface area contributed by atoms with E-state index in [0.29, 0.717) is 25.9 Å². The first-order valence-electron chi connectivity index (χ1n) is 31.1. The molecule has 6 heteroatoms. The van der Waals surface area contributed by atoms with Crippen LogP contribution in [0.3, 0.4) is 0 Å². The van der Waals surface area contributed by atoms with Gasteiger partial charge in [-0.05, 0) is 77.0 Å². The zero-order valence-corrected chi connectivity index (χ0v) is 46.6. The number of carbonyl (C=O) groups excluding carboxylic acids is 2. The van der Waals surface area contributed by atoms with Crippen molar-refractivity contribution in [1.29, 1.82) is 0 Å². The monoisotopic (exact) mass is 972 g/mol. The summed E-state index contributed by atoms with van der Waals surface area (Å²) in [5.41, 5.74) is 0. The normalized spacial score (nSPS) is 12.7. The first-order chi connectivity index (χ1) is 34.0. The van der Waals surface area contributed by atoms with Crippen molar-refractivity contribution in [3.63, 3.8) is 0 Å². The van der Waals surface area contributed by atoms with E-state index < -0.39 is 12.1 Å². The molecule has 0 saturated carbocycles. The van der Waals surface area contributed by atoms with Gasteiger partial charge >= 0.3 is 5.97 Å². The Balaban J connectivity index is 3.38. The van der Waals surface area contributed by atoms with Crippen LogP contribution in [0.1, 0.15) is 341 Å². The van der Waals surface area contributed by atoms with Crippen molar-refractivity contribution in [2.75, 3.05) is 13.2 Å². The van der Waals surface area contributed by atoms with Crippen molar-refractivity contribution in [3.05, 3.63) is 24.3 Å². The van der Waals surface area contributed by atoms with Crippen molar-refractivity contribution < 1.29 is 24.5 Å². The van der Waals surface area contributed by atoms with Gasteiger partial charge in [0.05, 0.1) is 25.4 Å². The molecule has 0 aromatic heterocycles. The molecule has 0 aromatic rings. The quantitative estimate of drug-likeness (QED) is 0.0321. The summed E-state index contributed by atoms with van der Waals surface area (Å²) in [6, 6.07) is -0.542. The largest absolute Gasteiger partial charge is 0.466 e. The van der Waals surface area contributed by atoms with Crippen LogP contribution in [0.4, 0.5) is 0 Å². The van der Waals surface area contributed by atoms with Gasteiger partial charge in [0.15, 0.2) is 0 Å². The number of unbranched alkanes of at least 4 members (excludes halogenated alkanes) is 43. The van der Waals surface area contributed by atoms with Crippen LogP contribution < -0.4 is 5.32 Å². The van der Waals surface area contributed by atoms with E-state index in [1.165, 1.54) is 263 Å². The Morgan fingerprint density at radius 2 is 0.681 bits per heavy atom. The molecule has 0 aliphatic carbocycles. The van der Waals surface area contributed by atoms with Gasteiger partial charge in [0.2, 0.25) is 5.91 Å². The summed E-state index contributed by atoms with van der Waals surface area (Å²) in [5.74, 6) is -0.0305. The van der Waals surface area contributed by atoms with Gasteiger partial charge in [-0.3, -0.25) is 9.59 Å². The highest BCUT2D eigenvalue weighted by molar-refractivity contribution is 5.76. The summed E-state index contributed by atoms with van der Waals surface area (Å²) >= 11 is 0. The van der Waals surface area contributed by atoms with Crippen LogP contribution in [0.15, 0.2) is 24.3 Å². The van der Waals surface area contributed by atoms with Gasteiger partial charge in [0, 0.05) is 12.8 Å². The molecule has 3 N–H and O–H groups in total. The minimum atomic E-state index is -0.664. The number of hydrogen-bond donors (Lipinski definition) is 3. The second kappa shape index (κ2) is 58.9. The first-order valence-corrected chi connectivity index (χ1v) is 31.1. The Kier molecular flexibility index (Phi) is 57.5. The number of rotatable bonds is 58. The fourth-order valence-electron chi connectivity index (χ4n) is 9.69. The van der Waals surface area contributed by atoms with Crippen LogP contribution >= 0.6 is 0 Å². The number of allylic oxidation sites excluding steroid dienone is 4. The van der Waals surface area contributed by atoms with Gasteiger partial charge in [0.25, 0.3) is 0 Å². The average molecular weight is 973 g/mol. The fourth-order valence-corrected chi connectivity index (χ4v) is 9.69. The lowest BCUT2D eigenvalue weighted by atomic mass is 10.0. The molecule has 0 aliphatic rings. The lowest BCUT2D eigenvalue weighted by molar-refractivity contribution is -0.143. The van der Waals surface area contributed by atoms with Gasteiger partial charge in [-0.2, -0.15) is 0 Å². The maximum absolute atomic E-state index is 12.5. The van der Waals surface area contributed by atoms with Crippen LogP contribution in [0, 0.1) is 0 Å². The van der Waals surface area contributed by atoms with Gasteiger partial charge < -0.3 is 20.3 Å². The van der Waals surface area contributed by atoms with Crippen molar-refractivity contribution in [3.8, 4) is 0 Å². The van der Waals surface area contributed by atoms with E-state index >= 15 is 0 Å². The summed E-state index contributed by atoms with van der Waals surface area (Å²) in [6.07, 6.45) is 71.9. The average Bonchev–Trinajstić information content (AvgIpc) is 3.35. The predicted molar refractivity (Wildman–Crippen MR) is 301 cm³/mol. The SMILES string of the molecule is CCCCCC/C=C\CCCCCCCC(=O)OCCCCCCCCCCCCCC/C=C\CCCCCCCCCCCCC(=O)NC(CO)C(O)CCCCCCCCCCCCCCC. The van der Waals surface area contributed by atoms with Crippen molar-refractivity contribution in [1.82, 2.24) is 5.32 Å². The molecular weight excluding hydrogens is 851 g/mol. The van der Waals surface area contributed by atoms with Crippen LogP contribution in [-0.2, 0) is 14.3 Å². The molecular formula is C63H121NO5. The summed E-state index contributed by atoms with van der Waals surface area (Å²) in [4.78, 5) is 24.5. The highest BCUT2D eigenvalue weighted by Crippen LogP contribution is 2.17. The van der Waals surface area contributed by atoms with Crippen molar-refractivity contribution >= 4 is 11.9 Å². The zero-order valence-electron chi connectivity index (χ0n) is 46.6.